The average molecular weight is 511 g/mol. The molecule has 0 radical (unpaired) electrons. The Kier molecular flexibility index (Phi) is 8.74. The third-order valence-electron chi connectivity index (χ3n) is 4.71. The van der Waals surface area contributed by atoms with Crippen molar-refractivity contribution < 1.29 is 24.2 Å². The third-order valence-corrected chi connectivity index (χ3v) is 5.30. The summed E-state index contributed by atoms with van der Waals surface area (Å²) in [5, 5.41) is 22.2. The van der Waals surface area contributed by atoms with Crippen LogP contribution in [0.25, 0.3) is 6.08 Å². The van der Waals surface area contributed by atoms with Crippen LogP contribution in [0, 0.1) is 11.3 Å². The van der Waals surface area contributed by atoms with Crippen molar-refractivity contribution in [3.05, 3.63) is 93.0 Å². The van der Waals surface area contributed by atoms with E-state index in [1.807, 2.05) is 13.0 Å². The molecule has 0 aliphatic heterocycles. The fourth-order valence-electron chi connectivity index (χ4n) is 3.04. The summed E-state index contributed by atoms with van der Waals surface area (Å²) in [4.78, 5) is 23.7. The van der Waals surface area contributed by atoms with Crippen molar-refractivity contribution in [2.75, 3.05) is 11.9 Å². The number of carbonyl (C=O) groups is 2. The number of hydrogen-bond acceptors (Lipinski definition) is 5. The Morgan fingerprint density at radius 2 is 1.86 bits per heavy atom. The largest absolute Gasteiger partial charge is 0.490 e. The van der Waals surface area contributed by atoms with E-state index in [0.717, 1.165) is 5.56 Å². The van der Waals surface area contributed by atoms with E-state index in [0.29, 0.717) is 33.7 Å². The molecule has 0 spiro atoms. The standard InChI is InChI=1S/C26H20Cl2N2O5/c1-2-34-24-11-16(6-9-23(24)35-15-18-7-8-20(27)13-22(18)28)10-19(14-29)25(31)30-21-5-3-4-17(12-21)26(32)33/h3-13H,2,15H2,1H3,(H,30,31)(H,32,33)/b19-10-. The van der Waals surface area contributed by atoms with Gasteiger partial charge in [0.25, 0.3) is 5.91 Å². The highest BCUT2D eigenvalue weighted by Gasteiger charge is 2.13. The lowest BCUT2D eigenvalue weighted by atomic mass is 10.1. The molecule has 0 aliphatic rings. The van der Waals surface area contributed by atoms with Crippen LogP contribution in [0.2, 0.25) is 10.0 Å². The van der Waals surface area contributed by atoms with Gasteiger partial charge in [0.2, 0.25) is 0 Å². The summed E-state index contributed by atoms with van der Waals surface area (Å²) in [6, 6.07) is 17.7. The first kappa shape index (κ1) is 25.6. The smallest absolute Gasteiger partial charge is 0.335 e. The summed E-state index contributed by atoms with van der Waals surface area (Å²) >= 11 is 12.1. The lowest BCUT2D eigenvalue weighted by Gasteiger charge is -2.13. The number of aromatic carboxylic acids is 1. The number of rotatable bonds is 9. The van der Waals surface area contributed by atoms with E-state index in [1.54, 1.807) is 36.4 Å². The van der Waals surface area contributed by atoms with Crippen molar-refractivity contribution in [2.45, 2.75) is 13.5 Å². The number of carboxylic acid groups (broad SMARTS) is 1. The molecule has 0 saturated carbocycles. The summed E-state index contributed by atoms with van der Waals surface area (Å²) in [5.41, 5.74) is 1.39. The fraction of sp³-hybridized carbons (Fsp3) is 0.115. The van der Waals surface area contributed by atoms with Crippen molar-refractivity contribution in [2.24, 2.45) is 0 Å². The summed E-state index contributed by atoms with van der Waals surface area (Å²) in [6.07, 6.45) is 1.40. The maximum Gasteiger partial charge on any atom is 0.335 e. The first-order valence-corrected chi connectivity index (χ1v) is 11.2. The van der Waals surface area contributed by atoms with Gasteiger partial charge in [-0.05, 0) is 61.0 Å². The second kappa shape index (κ2) is 11.9. The molecule has 1 amide bonds. The van der Waals surface area contributed by atoms with Gasteiger partial charge in [0.15, 0.2) is 11.5 Å². The number of carboxylic acids is 1. The minimum absolute atomic E-state index is 0.0159. The van der Waals surface area contributed by atoms with E-state index < -0.39 is 11.9 Å². The molecule has 178 valence electrons. The molecule has 9 heteroatoms. The van der Waals surface area contributed by atoms with Gasteiger partial charge in [0, 0.05) is 21.3 Å². The normalized spacial score (nSPS) is 10.9. The monoisotopic (exact) mass is 510 g/mol. The first-order valence-electron chi connectivity index (χ1n) is 10.4. The Bertz CT molecular complexity index is 1330. The number of carbonyl (C=O) groups excluding carboxylic acids is 1. The number of ether oxygens (including phenoxy) is 2. The SMILES string of the molecule is CCOc1cc(/C=C(/C#N)C(=O)Nc2cccc(C(=O)O)c2)ccc1OCc1ccc(Cl)cc1Cl. The second-order valence-electron chi connectivity index (χ2n) is 7.17. The molecular formula is C26H20Cl2N2O5. The van der Waals surface area contributed by atoms with Gasteiger partial charge in [0.1, 0.15) is 18.2 Å². The summed E-state index contributed by atoms with van der Waals surface area (Å²) < 4.78 is 11.5. The molecule has 0 aromatic heterocycles. The van der Waals surface area contributed by atoms with E-state index >= 15 is 0 Å². The number of halogens is 2. The number of anilines is 1. The predicted octanol–water partition coefficient (Wildman–Crippen LogP) is 6.21. The third kappa shape index (κ3) is 7.00. The molecule has 7 nitrogen and oxygen atoms in total. The predicted molar refractivity (Wildman–Crippen MR) is 134 cm³/mol. The molecule has 3 aromatic carbocycles. The summed E-state index contributed by atoms with van der Waals surface area (Å²) in [5.74, 6) is -0.909. The maximum atomic E-state index is 12.6. The Balaban J connectivity index is 1.79. The van der Waals surface area contributed by atoms with Crippen LogP contribution in [0.5, 0.6) is 11.5 Å². The second-order valence-corrected chi connectivity index (χ2v) is 8.02. The highest BCUT2D eigenvalue weighted by molar-refractivity contribution is 6.35. The molecule has 2 N–H and O–H groups in total. The van der Waals surface area contributed by atoms with E-state index in [2.05, 4.69) is 5.32 Å². The van der Waals surface area contributed by atoms with Crippen LogP contribution in [-0.4, -0.2) is 23.6 Å². The first-order chi connectivity index (χ1) is 16.8. The van der Waals surface area contributed by atoms with Gasteiger partial charge in [-0.3, -0.25) is 4.79 Å². The van der Waals surface area contributed by atoms with E-state index in [9.17, 15) is 14.9 Å². The summed E-state index contributed by atoms with van der Waals surface area (Å²) in [6.45, 7) is 2.38. The Morgan fingerprint density at radius 3 is 2.54 bits per heavy atom. The van der Waals surface area contributed by atoms with Gasteiger partial charge < -0.3 is 19.9 Å². The van der Waals surface area contributed by atoms with Gasteiger partial charge in [-0.25, -0.2) is 4.79 Å². The van der Waals surface area contributed by atoms with Crippen LogP contribution >= 0.6 is 23.2 Å². The zero-order valence-corrected chi connectivity index (χ0v) is 20.1. The topological polar surface area (TPSA) is 109 Å². The quantitative estimate of drug-likeness (QED) is 0.261. The van der Waals surface area contributed by atoms with Gasteiger partial charge in [0.05, 0.1) is 12.2 Å². The molecular weight excluding hydrogens is 491 g/mol. The molecule has 0 saturated heterocycles. The van der Waals surface area contributed by atoms with E-state index in [1.165, 1.54) is 30.3 Å². The van der Waals surface area contributed by atoms with Crippen molar-refractivity contribution in [1.82, 2.24) is 0 Å². The van der Waals surface area contributed by atoms with Gasteiger partial charge in [-0.15, -0.1) is 0 Å². The minimum atomic E-state index is -1.12. The van der Waals surface area contributed by atoms with Crippen molar-refractivity contribution in [1.29, 1.82) is 5.26 Å². The molecule has 0 fully saturated rings. The van der Waals surface area contributed by atoms with E-state index in [4.69, 9.17) is 37.8 Å². The van der Waals surface area contributed by atoms with Crippen molar-refractivity contribution in [3.63, 3.8) is 0 Å². The lowest BCUT2D eigenvalue weighted by molar-refractivity contribution is -0.112. The zero-order chi connectivity index (χ0) is 25.4. The minimum Gasteiger partial charge on any atom is -0.490 e. The van der Waals surface area contributed by atoms with Gasteiger partial charge in [-0.1, -0.05) is 41.4 Å². The van der Waals surface area contributed by atoms with Crippen LogP contribution < -0.4 is 14.8 Å². The molecule has 3 aromatic rings. The van der Waals surface area contributed by atoms with Crippen LogP contribution in [0.1, 0.15) is 28.4 Å². The lowest BCUT2D eigenvalue weighted by Crippen LogP contribution is -2.14. The summed E-state index contributed by atoms with van der Waals surface area (Å²) in [7, 11) is 0. The van der Waals surface area contributed by atoms with Crippen molar-refractivity contribution >= 4 is 46.8 Å². The molecule has 0 aliphatic carbocycles. The highest BCUT2D eigenvalue weighted by Crippen LogP contribution is 2.31. The fourth-order valence-corrected chi connectivity index (χ4v) is 3.50. The molecule has 3 rings (SSSR count). The molecule has 0 heterocycles. The number of benzene rings is 3. The Morgan fingerprint density at radius 1 is 1.06 bits per heavy atom. The molecule has 0 bridgehead atoms. The van der Waals surface area contributed by atoms with Crippen LogP contribution in [0.3, 0.4) is 0 Å². The number of nitrogens with one attached hydrogen (secondary N) is 1. The van der Waals surface area contributed by atoms with Crippen LogP contribution in [0.4, 0.5) is 5.69 Å². The maximum absolute atomic E-state index is 12.6. The number of nitrogens with zero attached hydrogens (tertiary/aromatic N) is 1. The molecule has 0 unspecified atom stereocenters. The van der Waals surface area contributed by atoms with Crippen LogP contribution in [-0.2, 0) is 11.4 Å². The Labute approximate surface area is 212 Å². The Hall–Kier alpha value is -3.99. The zero-order valence-electron chi connectivity index (χ0n) is 18.5. The van der Waals surface area contributed by atoms with Crippen LogP contribution in [0.15, 0.2) is 66.2 Å². The molecule has 35 heavy (non-hydrogen) atoms. The average Bonchev–Trinajstić information content (AvgIpc) is 2.83. The molecule has 0 atom stereocenters. The van der Waals surface area contributed by atoms with Gasteiger partial charge >= 0.3 is 5.97 Å². The van der Waals surface area contributed by atoms with Gasteiger partial charge in [-0.2, -0.15) is 5.26 Å². The number of hydrogen-bond donors (Lipinski definition) is 2. The van der Waals surface area contributed by atoms with E-state index in [-0.39, 0.29) is 23.4 Å². The number of amides is 1. The van der Waals surface area contributed by atoms with Crippen molar-refractivity contribution in [3.8, 4) is 17.6 Å². The number of nitriles is 1. The highest BCUT2D eigenvalue weighted by atomic mass is 35.5.